The summed E-state index contributed by atoms with van der Waals surface area (Å²) in [6.07, 6.45) is 0. The molecule has 1 fully saturated rings. The van der Waals surface area contributed by atoms with Gasteiger partial charge in [-0.15, -0.1) is 0 Å². The van der Waals surface area contributed by atoms with E-state index in [0.29, 0.717) is 17.5 Å². The van der Waals surface area contributed by atoms with Crippen molar-refractivity contribution in [2.75, 3.05) is 27.2 Å². The topological polar surface area (TPSA) is 26.7 Å². The highest BCUT2D eigenvalue weighted by atomic mass is 19.1. The average Bonchev–Trinajstić information content (AvgIpc) is 2.74. The molecule has 0 aromatic heterocycles. The zero-order valence-corrected chi connectivity index (χ0v) is 12.1. The third-order valence-corrected chi connectivity index (χ3v) is 4.25. The first-order valence-electron chi connectivity index (χ1n) is 6.79. The fraction of sp³-hybridized carbons (Fsp3) is 0.600. The lowest BCUT2D eigenvalue weighted by Gasteiger charge is -2.26. The number of phenolic OH excluding ortho intramolecular Hbond substituents is 1. The van der Waals surface area contributed by atoms with Gasteiger partial charge in [0.05, 0.1) is 0 Å². The van der Waals surface area contributed by atoms with Crippen LogP contribution in [-0.2, 0) is 0 Å². The zero-order valence-electron chi connectivity index (χ0n) is 12.1. The van der Waals surface area contributed by atoms with Crippen LogP contribution >= 0.6 is 0 Å². The number of rotatable bonds is 3. The molecule has 1 aromatic rings. The van der Waals surface area contributed by atoms with Crippen LogP contribution in [0, 0.1) is 11.7 Å². The third kappa shape index (κ3) is 2.90. The van der Waals surface area contributed by atoms with Gasteiger partial charge in [0.1, 0.15) is 11.6 Å². The van der Waals surface area contributed by atoms with Crippen LogP contribution in [0.2, 0.25) is 0 Å². The Hall–Kier alpha value is -1.13. The molecular weight excluding hydrogens is 243 g/mol. The second-order valence-corrected chi connectivity index (χ2v) is 5.84. The molecule has 2 rings (SSSR count). The predicted molar refractivity (Wildman–Crippen MR) is 74.7 cm³/mol. The minimum absolute atomic E-state index is 0.0306. The number of halogens is 1. The number of hydrogen-bond acceptors (Lipinski definition) is 3. The Morgan fingerprint density at radius 1 is 1.37 bits per heavy atom. The van der Waals surface area contributed by atoms with E-state index in [9.17, 15) is 9.50 Å². The quantitative estimate of drug-likeness (QED) is 0.910. The molecule has 3 atom stereocenters. The standard InChI is InChI=1S/C15H23FN2O/c1-10-8-18(9-14(10)17(3)4)11(2)13-7-12(16)5-6-15(13)19/h5-7,10-11,14,19H,8-9H2,1-4H3. The van der Waals surface area contributed by atoms with Crippen molar-refractivity contribution in [1.82, 2.24) is 9.80 Å². The Morgan fingerprint density at radius 3 is 2.63 bits per heavy atom. The van der Waals surface area contributed by atoms with E-state index in [1.807, 2.05) is 6.92 Å². The lowest BCUT2D eigenvalue weighted by molar-refractivity contribution is 0.223. The highest BCUT2D eigenvalue weighted by molar-refractivity contribution is 5.35. The molecule has 3 nitrogen and oxygen atoms in total. The third-order valence-electron chi connectivity index (χ3n) is 4.25. The largest absolute Gasteiger partial charge is 0.508 e. The van der Waals surface area contributed by atoms with Crippen molar-refractivity contribution in [1.29, 1.82) is 0 Å². The second kappa shape index (κ2) is 5.47. The first kappa shape index (κ1) is 14.3. The zero-order chi connectivity index (χ0) is 14.2. The van der Waals surface area contributed by atoms with E-state index in [-0.39, 0.29) is 17.6 Å². The van der Waals surface area contributed by atoms with Gasteiger partial charge in [-0.05, 0) is 45.1 Å². The summed E-state index contributed by atoms with van der Waals surface area (Å²) in [7, 11) is 4.18. The van der Waals surface area contributed by atoms with Crippen LogP contribution in [0.25, 0.3) is 0 Å². The van der Waals surface area contributed by atoms with Crippen molar-refractivity contribution >= 4 is 0 Å². The van der Waals surface area contributed by atoms with Gasteiger partial charge in [-0.2, -0.15) is 0 Å². The summed E-state index contributed by atoms with van der Waals surface area (Å²) in [6.45, 7) is 6.19. The second-order valence-electron chi connectivity index (χ2n) is 5.84. The maximum Gasteiger partial charge on any atom is 0.123 e. The van der Waals surface area contributed by atoms with Crippen molar-refractivity contribution in [2.24, 2.45) is 5.92 Å². The molecule has 106 valence electrons. The van der Waals surface area contributed by atoms with E-state index in [1.54, 1.807) is 0 Å². The minimum Gasteiger partial charge on any atom is -0.508 e. The van der Waals surface area contributed by atoms with Crippen molar-refractivity contribution in [3.63, 3.8) is 0 Å². The van der Waals surface area contributed by atoms with E-state index in [2.05, 4.69) is 30.8 Å². The van der Waals surface area contributed by atoms with Crippen LogP contribution in [0.1, 0.15) is 25.5 Å². The molecule has 0 saturated carbocycles. The highest BCUT2D eigenvalue weighted by Crippen LogP contribution is 2.33. The van der Waals surface area contributed by atoms with Gasteiger partial charge in [0, 0.05) is 30.7 Å². The number of likely N-dealkylation sites (N-methyl/N-ethyl adjacent to an activating group) is 1. The number of phenols is 1. The minimum atomic E-state index is -0.295. The Bertz CT molecular complexity index is 450. The van der Waals surface area contributed by atoms with Gasteiger partial charge >= 0.3 is 0 Å². The Morgan fingerprint density at radius 2 is 2.05 bits per heavy atom. The summed E-state index contributed by atoms with van der Waals surface area (Å²) < 4.78 is 13.3. The van der Waals surface area contributed by atoms with E-state index in [4.69, 9.17) is 0 Å². The van der Waals surface area contributed by atoms with Gasteiger partial charge in [-0.25, -0.2) is 4.39 Å². The monoisotopic (exact) mass is 266 g/mol. The van der Waals surface area contributed by atoms with Gasteiger partial charge in [0.2, 0.25) is 0 Å². The van der Waals surface area contributed by atoms with Crippen molar-refractivity contribution < 1.29 is 9.50 Å². The number of hydrogen-bond donors (Lipinski definition) is 1. The van der Waals surface area contributed by atoms with Gasteiger partial charge in [-0.3, -0.25) is 4.90 Å². The normalized spacial score (nSPS) is 26.0. The Kier molecular flexibility index (Phi) is 4.11. The smallest absolute Gasteiger partial charge is 0.123 e. The fourth-order valence-electron chi connectivity index (χ4n) is 3.03. The van der Waals surface area contributed by atoms with E-state index < -0.39 is 0 Å². The molecule has 19 heavy (non-hydrogen) atoms. The number of likely N-dealkylation sites (tertiary alicyclic amines) is 1. The predicted octanol–water partition coefficient (Wildman–Crippen LogP) is 2.47. The molecule has 1 saturated heterocycles. The van der Waals surface area contributed by atoms with Gasteiger partial charge < -0.3 is 10.0 Å². The molecule has 0 aliphatic carbocycles. The SMILES string of the molecule is CC1CN(C(C)c2cc(F)ccc2O)CC1N(C)C. The van der Waals surface area contributed by atoms with Crippen LogP contribution in [0.4, 0.5) is 4.39 Å². The van der Waals surface area contributed by atoms with E-state index in [1.165, 1.54) is 18.2 Å². The lowest BCUT2D eigenvalue weighted by Crippen LogP contribution is -2.34. The molecule has 1 aromatic carbocycles. The first-order valence-corrected chi connectivity index (χ1v) is 6.79. The molecule has 1 heterocycles. The van der Waals surface area contributed by atoms with Gasteiger partial charge in [0.25, 0.3) is 0 Å². The highest BCUT2D eigenvalue weighted by Gasteiger charge is 2.34. The molecule has 0 spiro atoms. The van der Waals surface area contributed by atoms with Gasteiger partial charge in [0.15, 0.2) is 0 Å². The summed E-state index contributed by atoms with van der Waals surface area (Å²) in [4.78, 5) is 4.55. The molecule has 1 N–H and O–H groups in total. The van der Waals surface area contributed by atoms with Crippen molar-refractivity contribution in [3.8, 4) is 5.75 Å². The maximum absolute atomic E-state index is 13.3. The summed E-state index contributed by atoms with van der Waals surface area (Å²) in [5, 5.41) is 9.90. The number of benzene rings is 1. The number of nitrogens with zero attached hydrogens (tertiary/aromatic N) is 2. The summed E-state index contributed by atoms with van der Waals surface area (Å²) in [5.41, 5.74) is 0.673. The lowest BCUT2D eigenvalue weighted by atomic mass is 10.1. The van der Waals surface area contributed by atoms with Crippen molar-refractivity contribution in [2.45, 2.75) is 25.9 Å². The Balaban J connectivity index is 2.17. The molecule has 4 heteroatoms. The Labute approximate surface area is 114 Å². The van der Waals surface area contributed by atoms with E-state index in [0.717, 1.165) is 13.1 Å². The number of aromatic hydroxyl groups is 1. The van der Waals surface area contributed by atoms with Crippen molar-refractivity contribution in [3.05, 3.63) is 29.6 Å². The van der Waals surface area contributed by atoms with Crippen LogP contribution in [0.15, 0.2) is 18.2 Å². The first-order chi connectivity index (χ1) is 8.90. The molecule has 0 bridgehead atoms. The van der Waals surface area contributed by atoms with Crippen LogP contribution in [0.5, 0.6) is 5.75 Å². The fourth-order valence-corrected chi connectivity index (χ4v) is 3.03. The van der Waals surface area contributed by atoms with Gasteiger partial charge in [-0.1, -0.05) is 6.92 Å². The van der Waals surface area contributed by atoms with E-state index >= 15 is 0 Å². The summed E-state index contributed by atoms with van der Waals surface area (Å²) in [6, 6.07) is 4.71. The van der Waals surface area contributed by atoms with Crippen LogP contribution in [-0.4, -0.2) is 48.1 Å². The maximum atomic E-state index is 13.3. The molecular formula is C15H23FN2O. The molecule has 0 amide bonds. The molecule has 0 radical (unpaired) electrons. The van der Waals surface area contributed by atoms with Crippen LogP contribution < -0.4 is 0 Å². The summed E-state index contributed by atoms with van der Waals surface area (Å²) in [5.74, 6) is 0.457. The molecule has 3 unspecified atom stereocenters. The average molecular weight is 266 g/mol. The van der Waals surface area contributed by atoms with Crippen LogP contribution in [0.3, 0.4) is 0 Å². The summed E-state index contributed by atoms with van der Waals surface area (Å²) >= 11 is 0. The molecule has 1 aliphatic rings. The molecule has 1 aliphatic heterocycles.